The molecule has 4 N–H and O–H groups in total. The molecule has 0 bridgehead atoms. The summed E-state index contributed by atoms with van der Waals surface area (Å²) in [5, 5.41) is 5.72. The second-order valence-corrected chi connectivity index (χ2v) is 6.76. The van der Waals surface area contributed by atoms with Gasteiger partial charge in [-0.2, -0.15) is 0 Å². The fraction of sp³-hybridized carbons (Fsp3) is 0.389. The summed E-state index contributed by atoms with van der Waals surface area (Å²) in [4.78, 5) is 30.6. The third-order valence-electron chi connectivity index (χ3n) is 4.83. The van der Waals surface area contributed by atoms with E-state index < -0.39 is 0 Å². The van der Waals surface area contributed by atoms with Crippen molar-refractivity contribution in [2.45, 2.75) is 32.0 Å². The van der Waals surface area contributed by atoms with Crippen LogP contribution in [0, 0.1) is 0 Å². The molecule has 8 nitrogen and oxygen atoms in total. The zero-order valence-electron chi connectivity index (χ0n) is 14.4. The lowest BCUT2D eigenvalue weighted by molar-refractivity contribution is 0.102. The van der Waals surface area contributed by atoms with E-state index in [-0.39, 0.29) is 18.0 Å². The number of aryl methyl sites for hydroxylation is 1. The molecule has 0 saturated carbocycles. The van der Waals surface area contributed by atoms with E-state index in [4.69, 9.17) is 5.73 Å². The van der Waals surface area contributed by atoms with Crippen molar-refractivity contribution >= 4 is 17.6 Å². The Morgan fingerprint density at radius 3 is 3.04 bits per heavy atom. The van der Waals surface area contributed by atoms with Crippen LogP contribution in [0.2, 0.25) is 0 Å². The van der Waals surface area contributed by atoms with Crippen molar-refractivity contribution in [2.24, 2.45) is 5.73 Å². The highest BCUT2D eigenvalue weighted by atomic mass is 16.2. The summed E-state index contributed by atoms with van der Waals surface area (Å²) >= 11 is 0. The van der Waals surface area contributed by atoms with Gasteiger partial charge < -0.3 is 25.8 Å². The number of hydrogen-bond donors (Lipinski definition) is 3. The van der Waals surface area contributed by atoms with Gasteiger partial charge in [-0.3, -0.25) is 4.79 Å². The number of nitrogens with one attached hydrogen (secondary N) is 2. The summed E-state index contributed by atoms with van der Waals surface area (Å²) < 4.78 is 1.96. The zero-order valence-corrected chi connectivity index (χ0v) is 14.4. The van der Waals surface area contributed by atoms with Gasteiger partial charge in [0.05, 0.1) is 0 Å². The Balaban J connectivity index is 1.50. The molecule has 26 heavy (non-hydrogen) atoms. The number of urea groups is 1. The summed E-state index contributed by atoms with van der Waals surface area (Å²) in [6, 6.07) is 7.55. The number of amides is 3. The van der Waals surface area contributed by atoms with Crippen LogP contribution in [-0.4, -0.2) is 45.5 Å². The van der Waals surface area contributed by atoms with Crippen LogP contribution in [0.15, 0.2) is 30.5 Å². The van der Waals surface area contributed by atoms with Gasteiger partial charge in [0.15, 0.2) is 0 Å². The molecule has 1 unspecified atom stereocenters. The van der Waals surface area contributed by atoms with Crippen molar-refractivity contribution in [2.75, 3.05) is 18.4 Å². The molecule has 2 aliphatic heterocycles. The third-order valence-corrected chi connectivity index (χ3v) is 4.83. The number of para-hydroxylation sites is 1. The lowest BCUT2D eigenvalue weighted by Gasteiger charge is -2.19. The van der Waals surface area contributed by atoms with Crippen molar-refractivity contribution in [3.63, 3.8) is 0 Å². The van der Waals surface area contributed by atoms with Gasteiger partial charge in [-0.25, -0.2) is 9.78 Å². The number of carbonyl (C=O) groups is 2. The summed E-state index contributed by atoms with van der Waals surface area (Å²) in [6.07, 6.45) is 3.44. The monoisotopic (exact) mass is 354 g/mol. The number of rotatable bonds is 4. The van der Waals surface area contributed by atoms with Gasteiger partial charge >= 0.3 is 6.03 Å². The number of fused-ring (bicyclic) bond motifs is 1. The van der Waals surface area contributed by atoms with Crippen molar-refractivity contribution in [3.05, 3.63) is 47.5 Å². The molecule has 2 aromatic rings. The summed E-state index contributed by atoms with van der Waals surface area (Å²) in [6.45, 7) is 2.46. The van der Waals surface area contributed by atoms with Gasteiger partial charge in [0.2, 0.25) is 0 Å². The fourth-order valence-corrected chi connectivity index (χ4v) is 3.41. The summed E-state index contributed by atoms with van der Waals surface area (Å²) in [7, 11) is 0. The topological polar surface area (TPSA) is 105 Å². The molecule has 0 radical (unpaired) electrons. The van der Waals surface area contributed by atoms with E-state index in [1.165, 1.54) is 0 Å². The Morgan fingerprint density at radius 2 is 2.23 bits per heavy atom. The molecule has 1 aromatic carbocycles. The third kappa shape index (κ3) is 3.28. The highest BCUT2D eigenvalue weighted by Crippen LogP contribution is 2.20. The van der Waals surface area contributed by atoms with E-state index >= 15 is 0 Å². The van der Waals surface area contributed by atoms with Crippen LogP contribution in [0.4, 0.5) is 10.5 Å². The maximum Gasteiger partial charge on any atom is 0.317 e. The van der Waals surface area contributed by atoms with Crippen LogP contribution in [0.1, 0.15) is 28.3 Å². The fourth-order valence-electron chi connectivity index (χ4n) is 3.41. The first kappa shape index (κ1) is 16.6. The number of anilines is 1. The SMILES string of the molecule is NC1CCc2nc(C(=O)Nc3ccccc3CN3CCNC3=O)cn2C1. The van der Waals surface area contributed by atoms with Crippen molar-refractivity contribution in [3.8, 4) is 0 Å². The molecular weight excluding hydrogens is 332 g/mol. The molecule has 1 atom stereocenters. The maximum atomic E-state index is 12.7. The second kappa shape index (κ2) is 6.80. The zero-order chi connectivity index (χ0) is 18.1. The first-order valence-corrected chi connectivity index (χ1v) is 8.84. The molecule has 1 aromatic heterocycles. The minimum atomic E-state index is -0.251. The molecule has 1 saturated heterocycles. The minimum Gasteiger partial charge on any atom is -0.336 e. The Labute approximate surface area is 151 Å². The van der Waals surface area contributed by atoms with Crippen LogP contribution in [0.25, 0.3) is 0 Å². The minimum absolute atomic E-state index is 0.0794. The number of aromatic nitrogens is 2. The molecule has 1 fully saturated rings. The number of carbonyl (C=O) groups excluding carboxylic acids is 2. The van der Waals surface area contributed by atoms with Crippen molar-refractivity contribution in [1.82, 2.24) is 19.8 Å². The van der Waals surface area contributed by atoms with Gasteiger partial charge in [-0.05, 0) is 18.1 Å². The van der Waals surface area contributed by atoms with Gasteiger partial charge in [0.1, 0.15) is 11.5 Å². The van der Waals surface area contributed by atoms with Crippen LogP contribution >= 0.6 is 0 Å². The van der Waals surface area contributed by atoms with Gasteiger partial charge in [-0.15, -0.1) is 0 Å². The van der Waals surface area contributed by atoms with E-state index in [1.807, 2.05) is 28.8 Å². The maximum absolute atomic E-state index is 12.7. The Kier molecular flexibility index (Phi) is 4.34. The lowest BCUT2D eigenvalue weighted by Crippen LogP contribution is -2.31. The summed E-state index contributed by atoms with van der Waals surface area (Å²) in [5.74, 6) is 0.651. The normalized spacial score (nSPS) is 19.2. The number of nitrogens with two attached hydrogens (primary N) is 1. The average molecular weight is 354 g/mol. The number of benzene rings is 1. The number of imidazole rings is 1. The largest absolute Gasteiger partial charge is 0.336 e. The second-order valence-electron chi connectivity index (χ2n) is 6.76. The molecule has 0 aliphatic carbocycles. The van der Waals surface area contributed by atoms with E-state index in [1.54, 1.807) is 11.1 Å². The molecule has 0 spiro atoms. The number of nitrogens with zero attached hydrogens (tertiary/aromatic N) is 3. The predicted molar refractivity (Wildman–Crippen MR) is 96.7 cm³/mol. The Morgan fingerprint density at radius 1 is 1.38 bits per heavy atom. The van der Waals surface area contributed by atoms with E-state index in [9.17, 15) is 9.59 Å². The number of hydrogen-bond acceptors (Lipinski definition) is 4. The van der Waals surface area contributed by atoms with Crippen molar-refractivity contribution in [1.29, 1.82) is 0 Å². The predicted octanol–water partition coefficient (Wildman–Crippen LogP) is 0.934. The molecule has 136 valence electrons. The quantitative estimate of drug-likeness (QED) is 0.760. The van der Waals surface area contributed by atoms with Crippen LogP contribution in [0.3, 0.4) is 0 Å². The molecule has 8 heteroatoms. The Bertz CT molecular complexity index is 846. The van der Waals surface area contributed by atoms with Crippen molar-refractivity contribution < 1.29 is 9.59 Å². The molecular formula is C18H22N6O2. The molecule has 2 aliphatic rings. The molecule has 3 amide bonds. The average Bonchev–Trinajstić information content (AvgIpc) is 3.22. The standard InChI is InChI=1S/C18H22N6O2/c19-13-5-6-16-21-15(11-24(16)10-13)17(25)22-14-4-2-1-3-12(14)9-23-8-7-20-18(23)26/h1-4,11,13H,5-10,19H2,(H,20,26)(H,22,25). The highest BCUT2D eigenvalue weighted by molar-refractivity contribution is 6.03. The first-order valence-electron chi connectivity index (χ1n) is 8.84. The van der Waals surface area contributed by atoms with E-state index in [0.29, 0.717) is 37.6 Å². The molecule has 3 heterocycles. The molecule has 4 rings (SSSR count). The van der Waals surface area contributed by atoms with E-state index in [0.717, 1.165) is 24.2 Å². The van der Waals surface area contributed by atoms with Gasteiger partial charge in [0.25, 0.3) is 5.91 Å². The van der Waals surface area contributed by atoms with Gasteiger partial charge in [0, 0.05) is 50.5 Å². The van der Waals surface area contributed by atoms with E-state index in [2.05, 4.69) is 15.6 Å². The lowest BCUT2D eigenvalue weighted by atomic mass is 10.1. The van der Waals surface area contributed by atoms with Crippen LogP contribution < -0.4 is 16.4 Å². The highest BCUT2D eigenvalue weighted by Gasteiger charge is 2.23. The first-order chi connectivity index (χ1) is 12.6. The van der Waals surface area contributed by atoms with Crippen LogP contribution in [-0.2, 0) is 19.5 Å². The smallest absolute Gasteiger partial charge is 0.317 e. The Hall–Kier alpha value is -2.87. The summed E-state index contributed by atoms with van der Waals surface area (Å²) in [5.41, 5.74) is 7.96. The van der Waals surface area contributed by atoms with Gasteiger partial charge in [-0.1, -0.05) is 18.2 Å². The van der Waals surface area contributed by atoms with Crippen LogP contribution in [0.5, 0.6) is 0 Å².